The molecular formula is C3H12N2O3S. The van der Waals surface area contributed by atoms with Gasteiger partial charge in [-0.2, -0.15) is 18.6 Å². The smallest absolute Gasteiger partial charge is 0.282 e. The van der Waals surface area contributed by atoms with Gasteiger partial charge in [0.2, 0.25) is 0 Å². The maximum Gasteiger partial charge on any atom is 0.282 e. The van der Waals surface area contributed by atoms with E-state index in [0.717, 1.165) is 0 Å². The molecule has 0 aliphatic rings. The van der Waals surface area contributed by atoms with Crippen molar-refractivity contribution in [3.8, 4) is 0 Å². The molecule has 0 spiro atoms. The van der Waals surface area contributed by atoms with Crippen molar-refractivity contribution in [3.63, 3.8) is 0 Å². The second-order valence-electron chi connectivity index (χ2n) is 1.36. The van der Waals surface area contributed by atoms with Gasteiger partial charge in [-0.15, -0.1) is 0 Å². The highest BCUT2D eigenvalue weighted by Gasteiger charge is 2.04. The normalized spacial score (nSPS) is 10.4. The molecule has 0 aromatic carbocycles. The summed E-state index contributed by atoms with van der Waals surface area (Å²) in [5.74, 6) is 4.39. The largest absolute Gasteiger partial charge is 0.344 e. The Kier molecular flexibility index (Phi) is 6.04. The van der Waals surface area contributed by atoms with E-state index in [4.69, 9.17) is 0 Å². The molecule has 0 unspecified atom stereocenters. The van der Waals surface area contributed by atoms with Crippen LogP contribution in [0.3, 0.4) is 0 Å². The van der Waals surface area contributed by atoms with E-state index in [1.54, 1.807) is 6.92 Å². The minimum atomic E-state index is -3.39. The summed E-state index contributed by atoms with van der Waals surface area (Å²) in [5, 5.41) is 0. The summed E-state index contributed by atoms with van der Waals surface area (Å²) in [7, 11) is -3.39. The Labute approximate surface area is 54.8 Å². The molecule has 0 aliphatic carbocycles. The molecule has 5 nitrogen and oxygen atoms in total. The van der Waals surface area contributed by atoms with Crippen LogP contribution in [0.5, 0.6) is 0 Å². The molecule has 0 atom stereocenters. The van der Waals surface area contributed by atoms with E-state index in [1.807, 2.05) is 0 Å². The second-order valence-corrected chi connectivity index (χ2v) is 3.07. The van der Waals surface area contributed by atoms with Crippen LogP contribution < -0.4 is 12.0 Å². The van der Waals surface area contributed by atoms with E-state index in [2.05, 4.69) is 10.2 Å². The summed E-state index contributed by atoms with van der Waals surface area (Å²) in [6, 6.07) is 0. The zero-order chi connectivity index (χ0) is 6.62. The van der Waals surface area contributed by atoms with Gasteiger partial charge in [0.1, 0.15) is 0 Å². The first-order chi connectivity index (χ1) is 3.62. The Balaban J connectivity index is 0. The lowest BCUT2D eigenvalue weighted by molar-refractivity contribution is 0.332. The fraction of sp³-hybridized carbons (Fsp3) is 1.00. The van der Waals surface area contributed by atoms with Crippen LogP contribution in [0.2, 0.25) is 0 Å². The lowest BCUT2D eigenvalue weighted by Crippen LogP contribution is -2.13. The summed E-state index contributed by atoms with van der Waals surface area (Å²) in [6.07, 6.45) is 0.527. The van der Waals surface area contributed by atoms with Crippen molar-refractivity contribution in [2.24, 2.45) is 5.90 Å². The summed E-state index contributed by atoms with van der Waals surface area (Å²) >= 11 is 0. The average molecular weight is 156 g/mol. The SMILES string of the molecule is CCCS(=O)(=O)ON.N. The lowest BCUT2D eigenvalue weighted by atomic mass is 10.6. The molecule has 0 aromatic rings. The Morgan fingerprint density at radius 2 is 2.00 bits per heavy atom. The standard InChI is InChI=1S/C3H9NO3S.H3N/c1-2-3-8(5,6)7-4;/h2-4H2,1H3;1H3. The fourth-order valence-electron chi connectivity index (χ4n) is 0.298. The maximum atomic E-state index is 10.3. The minimum Gasteiger partial charge on any atom is -0.344 e. The molecule has 0 heterocycles. The van der Waals surface area contributed by atoms with Gasteiger partial charge < -0.3 is 6.15 Å². The Morgan fingerprint density at radius 3 is 2.11 bits per heavy atom. The molecule has 0 aromatic heterocycles. The zero-order valence-corrected chi connectivity index (χ0v) is 6.15. The second kappa shape index (κ2) is 4.68. The highest BCUT2D eigenvalue weighted by molar-refractivity contribution is 7.86. The molecule has 0 amide bonds. The molecule has 0 bridgehead atoms. The Morgan fingerprint density at radius 1 is 1.56 bits per heavy atom. The van der Waals surface area contributed by atoms with Gasteiger partial charge in [0.15, 0.2) is 0 Å². The van der Waals surface area contributed by atoms with Gasteiger partial charge in [0.05, 0.1) is 5.75 Å². The summed E-state index contributed by atoms with van der Waals surface area (Å²) < 4.78 is 24.2. The molecule has 9 heavy (non-hydrogen) atoms. The zero-order valence-electron chi connectivity index (χ0n) is 5.33. The Bertz CT molecular complexity index is 141. The number of rotatable bonds is 3. The van der Waals surface area contributed by atoms with Crippen LogP contribution in [0, 0.1) is 0 Å². The van der Waals surface area contributed by atoms with Crippen molar-refractivity contribution in [1.82, 2.24) is 6.15 Å². The van der Waals surface area contributed by atoms with Crippen LogP contribution in [0.15, 0.2) is 0 Å². The van der Waals surface area contributed by atoms with Crippen LogP contribution in [-0.4, -0.2) is 14.2 Å². The molecule has 5 N–H and O–H groups in total. The number of hydrogen-bond acceptors (Lipinski definition) is 5. The van der Waals surface area contributed by atoms with Gasteiger partial charge in [-0.1, -0.05) is 6.92 Å². The van der Waals surface area contributed by atoms with Crippen molar-refractivity contribution < 1.29 is 12.7 Å². The van der Waals surface area contributed by atoms with Crippen LogP contribution >= 0.6 is 0 Å². The van der Waals surface area contributed by atoms with Crippen molar-refractivity contribution in [2.45, 2.75) is 13.3 Å². The quantitative estimate of drug-likeness (QED) is 0.549. The lowest BCUT2D eigenvalue weighted by Gasteiger charge is -1.93. The molecule has 0 rings (SSSR count). The highest BCUT2D eigenvalue weighted by atomic mass is 32.2. The minimum absolute atomic E-state index is 0. The molecular weight excluding hydrogens is 144 g/mol. The van der Waals surface area contributed by atoms with Crippen molar-refractivity contribution in [2.75, 3.05) is 5.75 Å². The van der Waals surface area contributed by atoms with Gasteiger partial charge in [0.25, 0.3) is 10.1 Å². The first-order valence-electron chi connectivity index (χ1n) is 2.23. The van der Waals surface area contributed by atoms with Crippen LogP contribution in [0.4, 0.5) is 0 Å². The summed E-state index contributed by atoms with van der Waals surface area (Å²) in [5.41, 5.74) is 0. The van der Waals surface area contributed by atoms with Crippen molar-refractivity contribution >= 4 is 10.1 Å². The predicted octanol–water partition coefficient (Wildman–Crippen LogP) is -0.222. The summed E-state index contributed by atoms with van der Waals surface area (Å²) in [4.78, 5) is 0. The molecule has 0 aliphatic heterocycles. The molecule has 0 saturated heterocycles. The number of hydrogen-bond donors (Lipinski definition) is 2. The summed E-state index contributed by atoms with van der Waals surface area (Å²) in [6.45, 7) is 1.73. The van der Waals surface area contributed by atoms with Gasteiger partial charge in [-0.25, -0.2) is 0 Å². The third kappa shape index (κ3) is 5.71. The Hall–Kier alpha value is -0.170. The van der Waals surface area contributed by atoms with E-state index in [0.29, 0.717) is 6.42 Å². The monoisotopic (exact) mass is 156 g/mol. The average Bonchev–Trinajstić information content (AvgIpc) is 1.67. The third-order valence-electron chi connectivity index (χ3n) is 0.601. The highest BCUT2D eigenvalue weighted by Crippen LogP contribution is 1.89. The maximum absolute atomic E-state index is 10.3. The predicted molar refractivity (Wildman–Crippen MR) is 34.4 cm³/mol. The van der Waals surface area contributed by atoms with Gasteiger partial charge >= 0.3 is 0 Å². The van der Waals surface area contributed by atoms with Crippen LogP contribution in [-0.2, 0) is 14.4 Å². The van der Waals surface area contributed by atoms with Crippen LogP contribution in [0.25, 0.3) is 0 Å². The van der Waals surface area contributed by atoms with E-state index >= 15 is 0 Å². The van der Waals surface area contributed by atoms with Gasteiger partial charge in [-0.05, 0) is 6.42 Å². The van der Waals surface area contributed by atoms with Crippen LogP contribution in [0.1, 0.15) is 13.3 Å². The molecule has 0 saturated carbocycles. The van der Waals surface area contributed by atoms with Gasteiger partial charge in [-0.3, -0.25) is 0 Å². The fourth-order valence-corrected chi connectivity index (χ4v) is 0.894. The van der Waals surface area contributed by atoms with E-state index in [-0.39, 0.29) is 11.9 Å². The third-order valence-corrected chi connectivity index (χ3v) is 1.80. The van der Waals surface area contributed by atoms with Crippen molar-refractivity contribution in [1.29, 1.82) is 0 Å². The molecule has 0 fully saturated rings. The van der Waals surface area contributed by atoms with E-state index in [1.165, 1.54) is 0 Å². The van der Waals surface area contributed by atoms with E-state index < -0.39 is 10.1 Å². The molecule has 6 heteroatoms. The topological polar surface area (TPSA) is 104 Å². The van der Waals surface area contributed by atoms with E-state index in [9.17, 15) is 8.42 Å². The first-order valence-corrected chi connectivity index (χ1v) is 3.81. The molecule has 0 radical (unpaired) electrons. The van der Waals surface area contributed by atoms with Crippen molar-refractivity contribution in [3.05, 3.63) is 0 Å². The molecule has 58 valence electrons. The number of nitrogens with two attached hydrogens (primary N) is 1. The first kappa shape index (κ1) is 11.6. The van der Waals surface area contributed by atoms with Gasteiger partial charge in [0, 0.05) is 0 Å².